The van der Waals surface area contributed by atoms with Crippen molar-refractivity contribution in [1.29, 1.82) is 0 Å². The van der Waals surface area contributed by atoms with Crippen molar-refractivity contribution in [1.82, 2.24) is 4.98 Å². The smallest absolute Gasteiger partial charge is 0.126 e. The molecule has 1 aromatic rings. The van der Waals surface area contributed by atoms with E-state index < -0.39 is 0 Å². The summed E-state index contributed by atoms with van der Waals surface area (Å²) in [7, 11) is 0. The standard InChI is InChI=1S/C15H22N2O/c1-11-8-13(14(16)17-10-11)12-4-7-18-15(9-12)5-2-3-6-15/h8,10,12H,2-7,9H2,1H3,(H2,16,17). The monoisotopic (exact) mass is 246 g/mol. The fraction of sp³-hybridized carbons (Fsp3) is 0.667. The van der Waals surface area contributed by atoms with Crippen molar-refractivity contribution in [2.75, 3.05) is 12.3 Å². The van der Waals surface area contributed by atoms with Gasteiger partial charge in [0.15, 0.2) is 0 Å². The molecule has 18 heavy (non-hydrogen) atoms. The number of rotatable bonds is 1. The Balaban J connectivity index is 1.85. The topological polar surface area (TPSA) is 48.1 Å². The van der Waals surface area contributed by atoms with E-state index in [4.69, 9.17) is 10.5 Å². The molecule has 1 atom stereocenters. The van der Waals surface area contributed by atoms with Crippen molar-refractivity contribution in [3.63, 3.8) is 0 Å². The first-order valence-electron chi connectivity index (χ1n) is 7.05. The van der Waals surface area contributed by atoms with Crippen molar-refractivity contribution < 1.29 is 4.74 Å². The van der Waals surface area contributed by atoms with Gasteiger partial charge in [-0.1, -0.05) is 18.9 Å². The lowest BCUT2D eigenvalue weighted by Crippen LogP contribution is -2.36. The zero-order chi connectivity index (χ0) is 12.6. The van der Waals surface area contributed by atoms with Crippen LogP contribution in [0.15, 0.2) is 12.3 Å². The lowest BCUT2D eigenvalue weighted by Gasteiger charge is -2.38. The molecular formula is C15H22N2O. The Morgan fingerprint density at radius 2 is 2.17 bits per heavy atom. The van der Waals surface area contributed by atoms with Crippen LogP contribution in [0.25, 0.3) is 0 Å². The van der Waals surface area contributed by atoms with Gasteiger partial charge in [0.25, 0.3) is 0 Å². The zero-order valence-corrected chi connectivity index (χ0v) is 11.1. The summed E-state index contributed by atoms with van der Waals surface area (Å²) in [6.07, 6.45) is 9.14. The summed E-state index contributed by atoms with van der Waals surface area (Å²) >= 11 is 0. The van der Waals surface area contributed by atoms with Gasteiger partial charge in [-0.2, -0.15) is 0 Å². The molecule has 3 rings (SSSR count). The summed E-state index contributed by atoms with van der Waals surface area (Å²) in [5, 5.41) is 0. The first-order valence-corrected chi connectivity index (χ1v) is 7.05. The Morgan fingerprint density at radius 1 is 1.39 bits per heavy atom. The van der Waals surface area contributed by atoms with Gasteiger partial charge in [0.2, 0.25) is 0 Å². The van der Waals surface area contributed by atoms with Crippen LogP contribution in [-0.4, -0.2) is 17.2 Å². The quantitative estimate of drug-likeness (QED) is 0.828. The summed E-state index contributed by atoms with van der Waals surface area (Å²) in [5.74, 6) is 1.24. The third kappa shape index (κ3) is 2.12. The van der Waals surface area contributed by atoms with E-state index >= 15 is 0 Å². The number of nitrogen functional groups attached to an aromatic ring is 1. The van der Waals surface area contributed by atoms with Gasteiger partial charge >= 0.3 is 0 Å². The highest BCUT2D eigenvalue weighted by Gasteiger charge is 2.40. The van der Waals surface area contributed by atoms with Gasteiger partial charge in [0.1, 0.15) is 5.82 Å². The van der Waals surface area contributed by atoms with Crippen molar-refractivity contribution >= 4 is 5.82 Å². The Kier molecular flexibility index (Phi) is 3.02. The maximum absolute atomic E-state index is 6.09. The molecule has 1 unspecified atom stereocenters. The number of hydrogen-bond donors (Lipinski definition) is 1. The maximum atomic E-state index is 6.09. The molecule has 3 nitrogen and oxygen atoms in total. The van der Waals surface area contributed by atoms with Crippen LogP contribution in [0.1, 0.15) is 55.6 Å². The molecule has 0 radical (unpaired) electrons. The third-order valence-electron chi connectivity index (χ3n) is 4.53. The van der Waals surface area contributed by atoms with E-state index in [0.717, 1.165) is 19.4 Å². The molecule has 1 spiro atoms. The van der Waals surface area contributed by atoms with E-state index in [0.29, 0.717) is 11.7 Å². The van der Waals surface area contributed by atoms with E-state index in [1.54, 1.807) is 0 Å². The minimum Gasteiger partial charge on any atom is -0.383 e. The molecule has 2 aliphatic rings. The van der Waals surface area contributed by atoms with Crippen LogP contribution in [-0.2, 0) is 4.74 Å². The predicted molar refractivity (Wildman–Crippen MR) is 72.5 cm³/mol. The Hall–Kier alpha value is -1.09. The zero-order valence-electron chi connectivity index (χ0n) is 11.1. The number of nitrogens with zero attached hydrogens (tertiary/aromatic N) is 1. The lowest BCUT2D eigenvalue weighted by molar-refractivity contribution is -0.0804. The fourth-order valence-electron chi connectivity index (χ4n) is 3.59. The molecule has 1 aromatic heterocycles. The van der Waals surface area contributed by atoms with E-state index in [-0.39, 0.29) is 5.60 Å². The second-order valence-electron chi connectivity index (χ2n) is 5.92. The number of nitrogens with two attached hydrogens (primary N) is 1. The normalized spacial score (nSPS) is 26.6. The Labute approximate surface area is 109 Å². The first kappa shape index (κ1) is 12.0. The molecule has 2 fully saturated rings. The van der Waals surface area contributed by atoms with Crippen LogP contribution in [0.4, 0.5) is 5.82 Å². The van der Waals surface area contributed by atoms with Gasteiger partial charge in [-0.05, 0) is 49.7 Å². The average molecular weight is 246 g/mol. The molecule has 0 amide bonds. The molecular weight excluding hydrogens is 224 g/mol. The van der Waals surface area contributed by atoms with Gasteiger partial charge in [-0.25, -0.2) is 4.98 Å². The number of aromatic nitrogens is 1. The molecule has 2 N–H and O–H groups in total. The van der Waals surface area contributed by atoms with Crippen LogP contribution in [0, 0.1) is 6.92 Å². The predicted octanol–water partition coefficient (Wildman–Crippen LogP) is 3.18. The van der Waals surface area contributed by atoms with Crippen LogP contribution < -0.4 is 5.73 Å². The van der Waals surface area contributed by atoms with Crippen molar-refractivity contribution in [3.8, 4) is 0 Å². The third-order valence-corrected chi connectivity index (χ3v) is 4.53. The van der Waals surface area contributed by atoms with E-state index in [2.05, 4.69) is 18.0 Å². The maximum Gasteiger partial charge on any atom is 0.126 e. The highest BCUT2D eigenvalue weighted by Crippen LogP contribution is 2.45. The summed E-state index contributed by atoms with van der Waals surface area (Å²) in [6.45, 7) is 2.96. The van der Waals surface area contributed by atoms with Crippen LogP contribution >= 0.6 is 0 Å². The molecule has 1 aliphatic carbocycles. The van der Waals surface area contributed by atoms with E-state index in [1.807, 2.05) is 6.20 Å². The van der Waals surface area contributed by atoms with Gasteiger partial charge in [0, 0.05) is 12.8 Å². The lowest BCUT2D eigenvalue weighted by atomic mass is 9.80. The summed E-state index contributed by atoms with van der Waals surface area (Å²) in [4.78, 5) is 4.31. The highest BCUT2D eigenvalue weighted by molar-refractivity contribution is 5.43. The largest absolute Gasteiger partial charge is 0.383 e. The van der Waals surface area contributed by atoms with Crippen molar-refractivity contribution in [2.24, 2.45) is 0 Å². The van der Waals surface area contributed by atoms with Crippen molar-refractivity contribution in [3.05, 3.63) is 23.4 Å². The SMILES string of the molecule is Cc1cnc(N)c(C2CCOC3(CCCC3)C2)c1. The van der Waals surface area contributed by atoms with Crippen molar-refractivity contribution in [2.45, 2.75) is 57.0 Å². The van der Waals surface area contributed by atoms with Crippen LogP contribution in [0.5, 0.6) is 0 Å². The molecule has 1 saturated heterocycles. The minimum atomic E-state index is 0.152. The Morgan fingerprint density at radius 3 is 2.94 bits per heavy atom. The summed E-state index contributed by atoms with van der Waals surface area (Å²) in [6, 6.07) is 2.21. The van der Waals surface area contributed by atoms with Crippen LogP contribution in [0.3, 0.4) is 0 Å². The van der Waals surface area contributed by atoms with Gasteiger partial charge in [0.05, 0.1) is 5.60 Å². The second kappa shape index (κ2) is 4.54. The van der Waals surface area contributed by atoms with Gasteiger partial charge in [-0.15, -0.1) is 0 Å². The molecule has 3 heteroatoms. The molecule has 1 aliphatic heterocycles. The van der Waals surface area contributed by atoms with Gasteiger partial charge < -0.3 is 10.5 Å². The van der Waals surface area contributed by atoms with Gasteiger partial charge in [-0.3, -0.25) is 0 Å². The number of pyridine rings is 1. The fourth-order valence-corrected chi connectivity index (χ4v) is 3.59. The van der Waals surface area contributed by atoms with E-state index in [1.165, 1.54) is 36.8 Å². The minimum absolute atomic E-state index is 0.152. The number of anilines is 1. The molecule has 0 bridgehead atoms. The summed E-state index contributed by atoms with van der Waals surface area (Å²) in [5.41, 5.74) is 8.65. The molecule has 1 saturated carbocycles. The van der Waals surface area contributed by atoms with E-state index in [9.17, 15) is 0 Å². The molecule has 0 aromatic carbocycles. The first-order chi connectivity index (χ1) is 8.69. The number of aryl methyl sites for hydroxylation is 1. The molecule has 2 heterocycles. The Bertz CT molecular complexity index is 438. The number of ether oxygens (including phenoxy) is 1. The highest BCUT2D eigenvalue weighted by atomic mass is 16.5. The summed E-state index contributed by atoms with van der Waals surface area (Å²) < 4.78 is 6.09. The molecule has 98 valence electrons. The number of hydrogen-bond acceptors (Lipinski definition) is 3. The second-order valence-corrected chi connectivity index (χ2v) is 5.92. The average Bonchev–Trinajstić information content (AvgIpc) is 2.80. The van der Waals surface area contributed by atoms with Crippen LogP contribution in [0.2, 0.25) is 0 Å².